The highest BCUT2D eigenvalue weighted by Crippen LogP contribution is 2.29. The maximum Gasteiger partial charge on any atom is 0.288 e. The third kappa shape index (κ3) is 1.53. The molecular weight excluding hydrogens is 216 g/mol. The van der Waals surface area contributed by atoms with Gasteiger partial charge in [0.1, 0.15) is 24.3 Å². The highest BCUT2D eigenvalue weighted by Gasteiger charge is 2.40. The lowest BCUT2D eigenvalue weighted by Gasteiger charge is -2.13. The molecule has 1 saturated heterocycles. The summed E-state index contributed by atoms with van der Waals surface area (Å²) in [5.41, 5.74) is 4.97. The summed E-state index contributed by atoms with van der Waals surface area (Å²) in [5, 5.41) is 22.7. The fourth-order valence-electron chi connectivity index (χ4n) is 1.36. The Labute approximate surface area is 90.0 Å². The van der Waals surface area contributed by atoms with Crippen molar-refractivity contribution >= 4 is 5.91 Å². The number of hydrogen-bond donors (Lipinski definition) is 3. The normalized spacial score (nSPS) is 29.1. The molecule has 0 aromatic carbocycles. The second-order valence-electron chi connectivity index (χ2n) is 3.32. The number of aliphatic hydroxyl groups is 2. The van der Waals surface area contributed by atoms with E-state index in [0.717, 1.165) is 4.68 Å². The van der Waals surface area contributed by atoms with E-state index in [0.29, 0.717) is 0 Å². The van der Waals surface area contributed by atoms with Crippen LogP contribution >= 0.6 is 0 Å². The van der Waals surface area contributed by atoms with Crippen molar-refractivity contribution in [1.29, 1.82) is 0 Å². The number of hydrogen-bond acceptors (Lipinski definition) is 6. The van der Waals surface area contributed by atoms with Gasteiger partial charge in [0.05, 0.1) is 0 Å². The molecule has 0 saturated carbocycles. The number of carbonyl (C=O) groups excluding carboxylic acids is 1. The molecule has 16 heavy (non-hydrogen) atoms. The Morgan fingerprint density at radius 2 is 2.31 bits per heavy atom. The molecule has 1 aliphatic heterocycles. The number of nitrogens with two attached hydrogens (primary N) is 1. The summed E-state index contributed by atoms with van der Waals surface area (Å²) in [6, 6.07) is 0. The van der Waals surface area contributed by atoms with Crippen LogP contribution in [0.1, 0.15) is 16.8 Å². The molecule has 2 heterocycles. The second-order valence-corrected chi connectivity index (χ2v) is 3.32. The number of primary amides is 1. The Morgan fingerprint density at radius 3 is 2.75 bits per heavy atom. The van der Waals surface area contributed by atoms with Crippen LogP contribution in [0.15, 0.2) is 18.7 Å². The van der Waals surface area contributed by atoms with Crippen LogP contribution in [0.3, 0.4) is 0 Å². The predicted octanol–water partition coefficient (Wildman–Crippen LogP) is -1.86. The largest absolute Gasteiger partial charge is 0.468 e. The summed E-state index contributed by atoms with van der Waals surface area (Å²) in [6.45, 7) is 3.42. The molecule has 0 aliphatic carbocycles. The molecule has 1 aromatic heterocycles. The maximum atomic E-state index is 10.8. The van der Waals surface area contributed by atoms with Gasteiger partial charge >= 0.3 is 0 Å². The summed E-state index contributed by atoms with van der Waals surface area (Å²) in [6.07, 6.45) is -2.18. The fraction of sp³-hybridized carbons (Fsp3) is 0.375. The third-order valence-corrected chi connectivity index (χ3v) is 2.21. The van der Waals surface area contributed by atoms with Gasteiger partial charge in [-0.05, 0) is 0 Å². The maximum absolute atomic E-state index is 10.8. The fourth-order valence-corrected chi connectivity index (χ4v) is 1.36. The zero-order valence-electron chi connectivity index (χ0n) is 8.15. The predicted molar refractivity (Wildman–Crippen MR) is 49.8 cm³/mol. The molecule has 0 radical (unpaired) electrons. The Hall–Kier alpha value is -1.93. The van der Waals surface area contributed by atoms with Gasteiger partial charge in [-0.25, -0.2) is 9.67 Å². The first kappa shape index (κ1) is 10.6. The first-order valence-electron chi connectivity index (χ1n) is 4.43. The SMILES string of the molecule is C=C1O[C@@H](n2cnc(C(N)=O)n2)[C@H](O)[C@@H]1O. The van der Waals surface area contributed by atoms with Gasteiger partial charge in [0.25, 0.3) is 5.91 Å². The van der Waals surface area contributed by atoms with E-state index in [1.54, 1.807) is 0 Å². The number of carbonyl (C=O) groups is 1. The van der Waals surface area contributed by atoms with Crippen molar-refractivity contribution in [2.75, 3.05) is 0 Å². The molecule has 8 nitrogen and oxygen atoms in total. The molecule has 1 fully saturated rings. The zero-order valence-corrected chi connectivity index (χ0v) is 8.15. The van der Waals surface area contributed by atoms with Gasteiger partial charge in [0.15, 0.2) is 0 Å². The second kappa shape index (κ2) is 3.58. The number of amides is 1. The highest BCUT2D eigenvalue weighted by molar-refractivity contribution is 5.88. The van der Waals surface area contributed by atoms with Crippen LogP contribution in [0.25, 0.3) is 0 Å². The molecule has 0 spiro atoms. The number of rotatable bonds is 2. The van der Waals surface area contributed by atoms with Gasteiger partial charge in [-0.1, -0.05) is 6.58 Å². The molecule has 1 aliphatic rings. The van der Waals surface area contributed by atoms with E-state index in [1.165, 1.54) is 6.33 Å². The Balaban J connectivity index is 2.25. The van der Waals surface area contributed by atoms with Gasteiger partial charge in [0, 0.05) is 0 Å². The summed E-state index contributed by atoms with van der Waals surface area (Å²) >= 11 is 0. The van der Waals surface area contributed by atoms with Crippen LogP contribution < -0.4 is 5.73 Å². The standard InChI is InChI=1S/C8H10N4O4/c1-3-4(13)5(14)8(16-3)12-2-10-7(11-12)6(9)15/h2,4-5,8,13-14H,1H2,(H2,9,15)/t4-,5-,8-/m1/s1. The molecule has 3 atom stereocenters. The lowest BCUT2D eigenvalue weighted by molar-refractivity contribution is -0.0207. The van der Waals surface area contributed by atoms with Crippen LogP contribution in [0.4, 0.5) is 0 Å². The monoisotopic (exact) mass is 226 g/mol. The first-order chi connectivity index (χ1) is 7.50. The molecule has 4 N–H and O–H groups in total. The Bertz CT molecular complexity index is 443. The van der Waals surface area contributed by atoms with E-state index >= 15 is 0 Å². The van der Waals surface area contributed by atoms with Gasteiger partial charge in [-0.15, -0.1) is 5.10 Å². The Morgan fingerprint density at radius 1 is 1.62 bits per heavy atom. The van der Waals surface area contributed by atoms with Crippen molar-refractivity contribution < 1.29 is 19.7 Å². The van der Waals surface area contributed by atoms with E-state index in [9.17, 15) is 15.0 Å². The Kier molecular flexibility index (Phi) is 2.37. The van der Waals surface area contributed by atoms with Gasteiger partial charge in [0.2, 0.25) is 12.1 Å². The van der Waals surface area contributed by atoms with Crippen molar-refractivity contribution in [3.63, 3.8) is 0 Å². The number of ether oxygens (including phenoxy) is 1. The van der Waals surface area contributed by atoms with Crippen molar-refractivity contribution in [2.24, 2.45) is 5.73 Å². The molecule has 86 valence electrons. The average Bonchev–Trinajstić information content (AvgIpc) is 2.79. The van der Waals surface area contributed by atoms with E-state index < -0.39 is 24.3 Å². The zero-order chi connectivity index (χ0) is 11.9. The number of nitrogens with zero attached hydrogens (tertiary/aromatic N) is 3. The molecule has 0 unspecified atom stereocenters. The van der Waals surface area contributed by atoms with Gasteiger partial charge in [-0.2, -0.15) is 0 Å². The van der Waals surface area contributed by atoms with Crippen LogP contribution in [0.5, 0.6) is 0 Å². The van der Waals surface area contributed by atoms with E-state index in [-0.39, 0.29) is 11.6 Å². The highest BCUT2D eigenvalue weighted by atomic mass is 16.6. The third-order valence-electron chi connectivity index (χ3n) is 2.21. The van der Waals surface area contributed by atoms with E-state index in [2.05, 4.69) is 16.7 Å². The van der Waals surface area contributed by atoms with Crippen LogP contribution in [-0.4, -0.2) is 43.1 Å². The van der Waals surface area contributed by atoms with Crippen LogP contribution in [0, 0.1) is 0 Å². The van der Waals surface area contributed by atoms with Crippen LogP contribution in [-0.2, 0) is 4.74 Å². The van der Waals surface area contributed by atoms with Crippen molar-refractivity contribution in [3.8, 4) is 0 Å². The smallest absolute Gasteiger partial charge is 0.288 e. The number of aliphatic hydroxyl groups excluding tert-OH is 2. The molecule has 1 amide bonds. The average molecular weight is 226 g/mol. The quantitative estimate of drug-likeness (QED) is 0.543. The molecule has 1 aromatic rings. The molecule has 0 bridgehead atoms. The summed E-state index contributed by atoms with van der Waals surface area (Å²) < 4.78 is 6.18. The first-order valence-corrected chi connectivity index (χ1v) is 4.43. The molecule has 8 heteroatoms. The van der Waals surface area contributed by atoms with Crippen molar-refractivity contribution in [2.45, 2.75) is 18.4 Å². The topological polar surface area (TPSA) is 123 Å². The minimum atomic E-state index is -1.21. The van der Waals surface area contributed by atoms with Gasteiger partial charge < -0.3 is 20.7 Å². The molecular formula is C8H10N4O4. The van der Waals surface area contributed by atoms with Crippen molar-refractivity contribution in [3.05, 3.63) is 24.5 Å². The van der Waals surface area contributed by atoms with Crippen molar-refractivity contribution in [1.82, 2.24) is 14.8 Å². The van der Waals surface area contributed by atoms with Gasteiger partial charge in [-0.3, -0.25) is 4.79 Å². The molecule has 2 rings (SSSR count). The van der Waals surface area contributed by atoms with E-state index in [4.69, 9.17) is 10.5 Å². The minimum absolute atomic E-state index is 0.0358. The summed E-state index contributed by atoms with van der Waals surface area (Å²) in [7, 11) is 0. The minimum Gasteiger partial charge on any atom is -0.468 e. The lowest BCUT2D eigenvalue weighted by atomic mass is 10.2. The van der Waals surface area contributed by atoms with E-state index in [1.807, 2.05) is 0 Å². The lowest BCUT2D eigenvalue weighted by Crippen LogP contribution is -2.28. The summed E-state index contributed by atoms with van der Waals surface area (Å²) in [5.74, 6) is -0.943. The summed E-state index contributed by atoms with van der Waals surface area (Å²) in [4.78, 5) is 14.4. The number of aromatic nitrogens is 3. The van der Waals surface area contributed by atoms with Crippen LogP contribution in [0.2, 0.25) is 0 Å².